The Morgan fingerprint density at radius 1 is 1.00 bits per heavy atom. The van der Waals surface area contributed by atoms with Crippen molar-refractivity contribution >= 4 is 5.78 Å². The summed E-state index contributed by atoms with van der Waals surface area (Å²) in [6.45, 7) is 0.297. The summed E-state index contributed by atoms with van der Waals surface area (Å²) < 4.78 is 0. The summed E-state index contributed by atoms with van der Waals surface area (Å²) in [7, 11) is 1.71. The summed E-state index contributed by atoms with van der Waals surface area (Å²) in [6.07, 6.45) is -1.86. The van der Waals surface area contributed by atoms with E-state index in [2.05, 4.69) is 5.32 Å². The zero-order valence-electron chi connectivity index (χ0n) is 11.9. The van der Waals surface area contributed by atoms with Crippen LogP contribution in [0, 0.1) is 0 Å². The lowest BCUT2D eigenvalue weighted by Crippen LogP contribution is -2.29. The Morgan fingerprint density at radius 2 is 1.57 bits per heavy atom. The quantitative estimate of drug-likeness (QED) is 0.704. The van der Waals surface area contributed by atoms with Crippen LogP contribution < -0.4 is 5.32 Å². The van der Waals surface area contributed by atoms with Crippen LogP contribution in [-0.2, 0) is 0 Å². The summed E-state index contributed by atoms with van der Waals surface area (Å²) in [5.41, 5.74) is 1.77. The highest BCUT2D eigenvalue weighted by atomic mass is 16.3. The van der Waals surface area contributed by atoms with Crippen LogP contribution in [0.25, 0.3) is 0 Å². The molecule has 2 aromatic rings. The van der Waals surface area contributed by atoms with Crippen LogP contribution in [0.1, 0.15) is 27.6 Å². The van der Waals surface area contributed by atoms with Gasteiger partial charge in [-0.1, -0.05) is 54.6 Å². The molecule has 0 fully saturated rings. The molecule has 110 valence electrons. The first-order chi connectivity index (χ1) is 10.1. The van der Waals surface area contributed by atoms with E-state index in [0.717, 1.165) is 0 Å². The third kappa shape index (κ3) is 3.76. The highest BCUT2D eigenvalue weighted by molar-refractivity contribution is 6.08. The molecule has 2 rings (SSSR count). The number of aliphatic hydroxyl groups is 2. The van der Waals surface area contributed by atoms with Gasteiger partial charge in [0.1, 0.15) is 6.10 Å². The van der Waals surface area contributed by atoms with Gasteiger partial charge in [0.15, 0.2) is 5.78 Å². The second-order valence-corrected chi connectivity index (χ2v) is 4.89. The SMILES string of the molecule is CNCC(O)C(O)c1ccc(C(=O)c2ccccc2)cc1. The van der Waals surface area contributed by atoms with Gasteiger partial charge in [0.25, 0.3) is 0 Å². The number of hydrogen-bond donors (Lipinski definition) is 3. The number of carbonyl (C=O) groups excluding carboxylic acids is 1. The Kier molecular flexibility index (Phi) is 5.22. The second kappa shape index (κ2) is 7.13. The number of aliphatic hydroxyl groups excluding tert-OH is 2. The van der Waals surface area contributed by atoms with Crippen LogP contribution in [0.5, 0.6) is 0 Å². The highest BCUT2D eigenvalue weighted by Gasteiger charge is 2.18. The van der Waals surface area contributed by atoms with Crippen molar-refractivity contribution in [1.82, 2.24) is 5.32 Å². The molecule has 0 aliphatic carbocycles. The van der Waals surface area contributed by atoms with Crippen molar-refractivity contribution in [2.24, 2.45) is 0 Å². The molecule has 0 bridgehead atoms. The summed E-state index contributed by atoms with van der Waals surface area (Å²) >= 11 is 0. The van der Waals surface area contributed by atoms with Crippen LogP contribution in [0.15, 0.2) is 54.6 Å². The highest BCUT2D eigenvalue weighted by Crippen LogP contribution is 2.18. The van der Waals surface area contributed by atoms with E-state index in [-0.39, 0.29) is 5.78 Å². The Hall–Kier alpha value is -2.01. The molecule has 0 radical (unpaired) electrons. The Balaban J connectivity index is 2.14. The van der Waals surface area contributed by atoms with Crippen LogP contribution in [0.4, 0.5) is 0 Å². The Morgan fingerprint density at radius 3 is 2.14 bits per heavy atom. The normalized spacial score (nSPS) is 13.7. The first-order valence-electron chi connectivity index (χ1n) is 6.84. The zero-order chi connectivity index (χ0) is 15.2. The number of benzene rings is 2. The monoisotopic (exact) mass is 285 g/mol. The minimum absolute atomic E-state index is 0.0626. The van der Waals surface area contributed by atoms with Gasteiger partial charge in [0.05, 0.1) is 6.10 Å². The Bertz CT molecular complexity index is 581. The van der Waals surface area contributed by atoms with E-state index >= 15 is 0 Å². The predicted octanol–water partition coefficient (Wildman–Crippen LogP) is 1.53. The molecule has 2 aromatic carbocycles. The van der Waals surface area contributed by atoms with E-state index in [1.165, 1.54) is 0 Å². The van der Waals surface area contributed by atoms with Crippen LogP contribution >= 0.6 is 0 Å². The van der Waals surface area contributed by atoms with Crippen LogP contribution in [0.2, 0.25) is 0 Å². The molecule has 0 saturated heterocycles. The number of carbonyl (C=O) groups is 1. The first kappa shape index (κ1) is 15.4. The van der Waals surface area contributed by atoms with Crippen LogP contribution in [0.3, 0.4) is 0 Å². The zero-order valence-corrected chi connectivity index (χ0v) is 11.9. The lowest BCUT2D eigenvalue weighted by Gasteiger charge is -2.17. The first-order valence-corrected chi connectivity index (χ1v) is 6.84. The van der Waals surface area contributed by atoms with E-state index in [4.69, 9.17) is 0 Å². The van der Waals surface area contributed by atoms with Gasteiger partial charge >= 0.3 is 0 Å². The maximum absolute atomic E-state index is 12.2. The van der Waals surface area contributed by atoms with Gasteiger partial charge in [-0.2, -0.15) is 0 Å². The number of likely N-dealkylation sites (N-methyl/N-ethyl adjacent to an activating group) is 1. The van der Waals surface area contributed by atoms with Gasteiger partial charge in [-0.3, -0.25) is 4.79 Å². The van der Waals surface area contributed by atoms with Crippen molar-refractivity contribution in [2.45, 2.75) is 12.2 Å². The molecule has 0 spiro atoms. The number of rotatable bonds is 6. The third-order valence-corrected chi connectivity index (χ3v) is 3.33. The summed E-state index contributed by atoms with van der Waals surface area (Å²) in [5.74, 6) is -0.0626. The summed E-state index contributed by atoms with van der Waals surface area (Å²) in [5, 5.41) is 22.5. The van der Waals surface area contributed by atoms with E-state index in [1.54, 1.807) is 43.4 Å². The van der Waals surface area contributed by atoms with E-state index in [1.807, 2.05) is 18.2 Å². The Labute approximate surface area is 124 Å². The maximum atomic E-state index is 12.2. The van der Waals surface area contributed by atoms with Crippen LogP contribution in [-0.4, -0.2) is 35.7 Å². The van der Waals surface area contributed by atoms with Crippen molar-refractivity contribution in [2.75, 3.05) is 13.6 Å². The fourth-order valence-electron chi connectivity index (χ4n) is 2.13. The van der Waals surface area contributed by atoms with Crippen molar-refractivity contribution in [1.29, 1.82) is 0 Å². The predicted molar refractivity (Wildman–Crippen MR) is 81.2 cm³/mol. The number of nitrogens with one attached hydrogen (secondary N) is 1. The molecule has 4 heteroatoms. The van der Waals surface area contributed by atoms with Crippen molar-refractivity contribution in [3.63, 3.8) is 0 Å². The number of ketones is 1. The minimum atomic E-state index is -0.974. The smallest absolute Gasteiger partial charge is 0.193 e. The van der Waals surface area contributed by atoms with Crippen molar-refractivity contribution in [3.05, 3.63) is 71.3 Å². The minimum Gasteiger partial charge on any atom is -0.389 e. The summed E-state index contributed by atoms with van der Waals surface area (Å²) in [6, 6.07) is 15.7. The average molecular weight is 285 g/mol. The molecule has 0 aliphatic rings. The molecule has 0 aliphatic heterocycles. The van der Waals surface area contributed by atoms with E-state index in [0.29, 0.717) is 23.2 Å². The molecule has 0 aromatic heterocycles. The van der Waals surface area contributed by atoms with Gasteiger partial charge in [0.2, 0.25) is 0 Å². The lowest BCUT2D eigenvalue weighted by molar-refractivity contribution is 0.0202. The van der Waals surface area contributed by atoms with Crippen molar-refractivity contribution in [3.8, 4) is 0 Å². The van der Waals surface area contributed by atoms with E-state index < -0.39 is 12.2 Å². The molecule has 0 saturated carbocycles. The van der Waals surface area contributed by atoms with Gasteiger partial charge in [-0.05, 0) is 12.6 Å². The molecular formula is C17H19NO3. The molecular weight excluding hydrogens is 266 g/mol. The maximum Gasteiger partial charge on any atom is 0.193 e. The lowest BCUT2D eigenvalue weighted by atomic mass is 9.99. The fraction of sp³-hybridized carbons (Fsp3) is 0.235. The van der Waals surface area contributed by atoms with Gasteiger partial charge in [-0.25, -0.2) is 0 Å². The van der Waals surface area contributed by atoms with Gasteiger partial charge in [-0.15, -0.1) is 0 Å². The molecule has 3 N–H and O–H groups in total. The summed E-state index contributed by atoms with van der Waals surface area (Å²) in [4.78, 5) is 12.2. The topological polar surface area (TPSA) is 69.6 Å². The van der Waals surface area contributed by atoms with Gasteiger partial charge in [0, 0.05) is 17.7 Å². The molecule has 2 atom stereocenters. The molecule has 0 amide bonds. The number of hydrogen-bond acceptors (Lipinski definition) is 4. The standard InChI is InChI=1S/C17H19NO3/c1-18-11-15(19)17(21)14-9-7-13(8-10-14)16(20)12-5-3-2-4-6-12/h2-10,15,17-19,21H,11H2,1H3. The second-order valence-electron chi connectivity index (χ2n) is 4.89. The van der Waals surface area contributed by atoms with Crippen molar-refractivity contribution < 1.29 is 15.0 Å². The average Bonchev–Trinajstić information content (AvgIpc) is 2.54. The largest absolute Gasteiger partial charge is 0.389 e. The van der Waals surface area contributed by atoms with E-state index in [9.17, 15) is 15.0 Å². The molecule has 0 heterocycles. The van der Waals surface area contributed by atoms with Gasteiger partial charge < -0.3 is 15.5 Å². The molecule has 4 nitrogen and oxygen atoms in total. The fourth-order valence-corrected chi connectivity index (χ4v) is 2.13. The molecule has 21 heavy (non-hydrogen) atoms. The third-order valence-electron chi connectivity index (χ3n) is 3.33. The molecule has 2 unspecified atom stereocenters.